The van der Waals surface area contributed by atoms with E-state index in [-0.39, 0.29) is 28.3 Å². The number of carbonyl (C=O) groups excluding carboxylic acids is 2. The van der Waals surface area contributed by atoms with Crippen LogP contribution in [0.1, 0.15) is 19.3 Å². The fourth-order valence-corrected chi connectivity index (χ4v) is 4.30. The van der Waals surface area contributed by atoms with Crippen molar-refractivity contribution in [2.75, 3.05) is 71.0 Å². The maximum atomic E-state index is 12.8. The molecule has 2 heterocycles. The van der Waals surface area contributed by atoms with Gasteiger partial charge in [-0.15, -0.1) is 0 Å². The number of nitrogens with zero attached hydrogens (tertiary/aromatic N) is 4. The van der Waals surface area contributed by atoms with E-state index in [1.807, 2.05) is 9.80 Å². The summed E-state index contributed by atoms with van der Waals surface area (Å²) in [5.74, 6) is 0.182. The second kappa shape index (κ2) is 11.8. The van der Waals surface area contributed by atoms with Crippen LogP contribution in [-0.4, -0.2) is 92.6 Å². The Morgan fingerprint density at radius 1 is 1.12 bits per heavy atom. The van der Waals surface area contributed by atoms with Gasteiger partial charge in [-0.1, -0.05) is 12.1 Å². The molecular formula is C22H33N5O5. The number of para-hydroxylation sites is 2. The fourth-order valence-electron chi connectivity index (χ4n) is 4.30. The predicted octanol–water partition coefficient (Wildman–Crippen LogP) is 1.11. The standard InChI is InChI=1S/C22H33N5O5/c1-32-16-4-9-23-22(29)18-7-10-24(11-8-18)17-21(28)26-14-12-25(13-15-26)19-5-2-3-6-20(19)27(30)31/h2-3,5-6,18H,4,7-17H2,1H3,(H,23,29). The highest BCUT2D eigenvalue weighted by molar-refractivity contribution is 5.80. The van der Waals surface area contributed by atoms with E-state index in [0.717, 1.165) is 32.4 Å². The summed E-state index contributed by atoms with van der Waals surface area (Å²) in [7, 11) is 1.65. The van der Waals surface area contributed by atoms with Crippen LogP contribution in [0.5, 0.6) is 0 Å². The van der Waals surface area contributed by atoms with Crippen LogP contribution in [0.3, 0.4) is 0 Å². The van der Waals surface area contributed by atoms with Gasteiger partial charge in [-0.25, -0.2) is 0 Å². The van der Waals surface area contributed by atoms with Gasteiger partial charge in [-0.2, -0.15) is 0 Å². The highest BCUT2D eigenvalue weighted by Gasteiger charge is 2.29. The highest BCUT2D eigenvalue weighted by Crippen LogP contribution is 2.28. The van der Waals surface area contributed by atoms with Crippen molar-refractivity contribution in [3.05, 3.63) is 34.4 Å². The summed E-state index contributed by atoms with van der Waals surface area (Å²) in [6.07, 6.45) is 2.32. The van der Waals surface area contributed by atoms with Gasteiger partial charge in [0.2, 0.25) is 11.8 Å². The molecule has 10 heteroatoms. The third-order valence-electron chi connectivity index (χ3n) is 6.19. The van der Waals surface area contributed by atoms with Crippen molar-refractivity contribution in [1.29, 1.82) is 0 Å². The summed E-state index contributed by atoms with van der Waals surface area (Å²) in [6.45, 7) is 5.32. The molecule has 0 atom stereocenters. The van der Waals surface area contributed by atoms with Gasteiger partial charge in [-0.3, -0.25) is 24.6 Å². The van der Waals surface area contributed by atoms with Gasteiger partial charge >= 0.3 is 0 Å². The lowest BCUT2D eigenvalue weighted by Gasteiger charge is -2.37. The topological polar surface area (TPSA) is 108 Å². The van der Waals surface area contributed by atoms with Gasteiger partial charge in [0.25, 0.3) is 5.69 Å². The number of hydrogen-bond donors (Lipinski definition) is 1. The average molecular weight is 448 g/mol. The minimum absolute atomic E-state index is 0.00843. The molecule has 1 aromatic carbocycles. The summed E-state index contributed by atoms with van der Waals surface area (Å²) in [6, 6.07) is 6.73. The summed E-state index contributed by atoms with van der Waals surface area (Å²) >= 11 is 0. The SMILES string of the molecule is COCCCNC(=O)C1CCN(CC(=O)N2CCN(c3ccccc3[N+](=O)[O-])CC2)CC1. The lowest BCUT2D eigenvalue weighted by Crippen LogP contribution is -2.52. The monoisotopic (exact) mass is 447 g/mol. The maximum absolute atomic E-state index is 12.8. The van der Waals surface area contributed by atoms with Gasteiger partial charge < -0.3 is 19.9 Å². The number of ether oxygens (including phenoxy) is 1. The van der Waals surface area contributed by atoms with Crippen LogP contribution < -0.4 is 10.2 Å². The second-order valence-corrected chi connectivity index (χ2v) is 8.30. The minimum atomic E-state index is -0.365. The van der Waals surface area contributed by atoms with Crippen LogP contribution in [0.25, 0.3) is 0 Å². The molecule has 0 aromatic heterocycles. The molecule has 2 saturated heterocycles. The van der Waals surface area contributed by atoms with Crippen molar-refractivity contribution in [2.24, 2.45) is 5.92 Å². The predicted molar refractivity (Wildman–Crippen MR) is 121 cm³/mol. The number of piperidine rings is 1. The summed E-state index contributed by atoms with van der Waals surface area (Å²) in [4.78, 5) is 41.9. The highest BCUT2D eigenvalue weighted by atomic mass is 16.6. The Bertz CT molecular complexity index is 789. The number of carbonyl (C=O) groups is 2. The van der Waals surface area contributed by atoms with Crippen LogP contribution in [0.15, 0.2) is 24.3 Å². The number of methoxy groups -OCH3 is 1. The quantitative estimate of drug-likeness (QED) is 0.343. The Labute approximate surface area is 188 Å². The lowest BCUT2D eigenvalue weighted by molar-refractivity contribution is -0.384. The van der Waals surface area contributed by atoms with Crippen molar-refractivity contribution >= 4 is 23.2 Å². The van der Waals surface area contributed by atoms with E-state index >= 15 is 0 Å². The van der Waals surface area contributed by atoms with Crippen molar-refractivity contribution in [1.82, 2.24) is 15.1 Å². The Balaban J connectivity index is 1.40. The molecule has 0 bridgehead atoms. The summed E-state index contributed by atoms with van der Waals surface area (Å²) in [5.41, 5.74) is 0.699. The molecular weight excluding hydrogens is 414 g/mol. The van der Waals surface area contributed by atoms with Crippen molar-refractivity contribution in [2.45, 2.75) is 19.3 Å². The Morgan fingerprint density at radius 3 is 2.47 bits per heavy atom. The number of rotatable bonds is 9. The molecule has 2 amide bonds. The molecule has 10 nitrogen and oxygen atoms in total. The molecule has 2 aliphatic heterocycles. The normalized spacial score (nSPS) is 17.9. The van der Waals surface area contributed by atoms with E-state index in [4.69, 9.17) is 4.74 Å². The number of nitro benzene ring substituents is 1. The third-order valence-corrected chi connectivity index (χ3v) is 6.19. The molecule has 2 aliphatic rings. The number of nitro groups is 1. The van der Waals surface area contributed by atoms with Gasteiger partial charge in [0.15, 0.2) is 0 Å². The van der Waals surface area contributed by atoms with E-state index in [1.54, 1.807) is 25.3 Å². The minimum Gasteiger partial charge on any atom is -0.385 e. The van der Waals surface area contributed by atoms with E-state index in [2.05, 4.69) is 10.2 Å². The molecule has 3 rings (SSSR count). The first-order valence-electron chi connectivity index (χ1n) is 11.2. The third kappa shape index (κ3) is 6.39. The number of hydrogen-bond acceptors (Lipinski definition) is 7. The molecule has 0 radical (unpaired) electrons. The average Bonchev–Trinajstić information content (AvgIpc) is 2.82. The number of benzene rings is 1. The first-order valence-corrected chi connectivity index (χ1v) is 11.2. The zero-order chi connectivity index (χ0) is 22.9. The molecule has 0 aliphatic carbocycles. The number of nitrogens with one attached hydrogen (secondary N) is 1. The molecule has 0 spiro atoms. The number of likely N-dealkylation sites (tertiary alicyclic amines) is 1. The zero-order valence-electron chi connectivity index (χ0n) is 18.7. The Kier molecular flexibility index (Phi) is 8.81. The lowest BCUT2D eigenvalue weighted by atomic mass is 9.96. The number of anilines is 1. The Morgan fingerprint density at radius 2 is 1.81 bits per heavy atom. The van der Waals surface area contributed by atoms with E-state index in [1.165, 1.54) is 6.07 Å². The van der Waals surface area contributed by atoms with Crippen molar-refractivity contribution in [3.63, 3.8) is 0 Å². The molecule has 0 unspecified atom stereocenters. The molecule has 32 heavy (non-hydrogen) atoms. The molecule has 1 N–H and O–H groups in total. The first-order chi connectivity index (χ1) is 15.5. The van der Waals surface area contributed by atoms with Crippen LogP contribution in [0.2, 0.25) is 0 Å². The molecule has 0 saturated carbocycles. The second-order valence-electron chi connectivity index (χ2n) is 8.30. The molecule has 2 fully saturated rings. The van der Waals surface area contributed by atoms with Crippen LogP contribution in [0, 0.1) is 16.0 Å². The van der Waals surface area contributed by atoms with Gasteiger partial charge in [-0.05, 0) is 38.4 Å². The smallest absolute Gasteiger partial charge is 0.292 e. The summed E-state index contributed by atoms with van der Waals surface area (Å²) in [5, 5.41) is 14.2. The Hall–Kier alpha value is -2.72. The van der Waals surface area contributed by atoms with Gasteiger partial charge in [0.1, 0.15) is 5.69 Å². The van der Waals surface area contributed by atoms with Crippen molar-refractivity contribution < 1.29 is 19.2 Å². The summed E-state index contributed by atoms with van der Waals surface area (Å²) < 4.78 is 4.99. The van der Waals surface area contributed by atoms with Crippen LogP contribution in [-0.2, 0) is 14.3 Å². The molecule has 1 aromatic rings. The number of amides is 2. The fraction of sp³-hybridized carbons (Fsp3) is 0.636. The van der Waals surface area contributed by atoms with Crippen LogP contribution >= 0.6 is 0 Å². The van der Waals surface area contributed by atoms with Gasteiger partial charge in [0.05, 0.1) is 11.5 Å². The van der Waals surface area contributed by atoms with Crippen LogP contribution in [0.4, 0.5) is 11.4 Å². The van der Waals surface area contributed by atoms with Gasteiger partial charge in [0, 0.05) is 58.4 Å². The molecule has 176 valence electrons. The van der Waals surface area contributed by atoms with E-state index < -0.39 is 0 Å². The number of piperazine rings is 1. The first kappa shape index (κ1) is 23.9. The van der Waals surface area contributed by atoms with E-state index in [0.29, 0.717) is 51.6 Å². The zero-order valence-corrected chi connectivity index (χ0v) is 18.7. The van der Waals surface area contributed by atoms with E-state index in [9.17, 15) is 19.7 Å². The maximum Gasteiger partial charge on any atom is 0.292 e. The van der Waals surface area contributed by atoms with Crippen molar-refractivity contribution in [3.8, 4) is 0 Å². The largest absolute Gasteiger partial charge is 0.385 e.